The maximum Gasteiger partial charge on any atom is 0.290 e. The Balaban J connectivity index is 1.49. The normalized spacial score (nSPS) is 24.1. The summed E-state index contributed by atoms with van der Waals surface area (Å²) in [7, 11) is 0. The van der Waals surface area contributed by atoms with Crippen LogP contribution < -0.4 is 0 Å². The molecule has 2 fully saturated rings. The molecule has 6 heteroatoms. The minimum absolute atomic E-state index is 0.0424. The van der Waals surface area contributed by atoms with Gasteiger partial charge in [0.1, 0.15) is 0 Å². The summed E-state index contributed by atoms with van der Waals surface area (Å²) in [5.74, 6) is 0.359. The van der Waals surface area contributed by atoms with Crippen LogP contribution in [0.25, 0.3) is 0 Å². The molecule has 1 amide bonds. The number of amides is 1. The minimum atomic E-state index is -0.0424. The van der Waals surface area contributed by atoms with Crippen LogP contribution >= 0.6 is 0 Å². The summed E-state index contributed by atoms with van der Waals surface area (Å²) in [5, 5.41) is 0. The summed E-state index contributed by atoms with van der Waals surface area (Å²) >= 11 is 0. The fourth-order valence-corrected chi connectivity index (χ4v) is 3.77. The Hall–Kier alpha value is -2.18. The molecule has 2 atom stereocenters. The quantitative estimate of drug-likeness (QED) is 0.856. The molecular weight excluding hydrogens is 318 g/mol. The Morgan fingerprint density at radius 2 is 2.24 bits per heavy atom. The summed E-state index contributed by atoms with van der Waals surface area (Å²) in [6.07, 6.45) is 4.42. The van der Waals surface area contributed by atoms with Gasteiger partial charge < -0.3 is 14.1 Å². The number of aromatic nitrogens is 1. The Kier molecular flexibility index (Phi) is 4.55. The van der Waals surface area contributed by atoms with Crippen LogP contribution in [0.2, 0.25) is 0 Å². The zero-order valence-corrected chi connectivity index (χ0v) is 14.4. The molecule has 2 aromatic heterocycles. The van der Waals surface area contributed by atoms with Crippen molar-refractivity contribution in [3.05, 3.63) is 53.7 Å². The van der Waals surface area contributed by atoms with Crippen molar-refractivity contribution in [1.29, 1.82) is 0 Å². The average Bonchev–Trinajstić information content (AvgIpc) is 3.17. The molecule has 6 nitrogen and oxygen atoms in total. The molecule has 132 valence electrons. The van der Waals surface area contributed by atoms with E-state index < -0.39 is 0 Å². The lowest BCUT2D eigenvalue weighted by Gasteiger charge is -2.46. The van der Waals surface area contributed by atoms with E-state index in [1.54, 1.807) is 18.4 Å². The Morgan fingerprint density at radius 3 is 3.04 bits per heavy atom. The van der Waals surface area contributed by atoms with Crippen molar-refractivity contribution in [2.45, 2.75) is 32.0 Å². The molecule has 0 unspecified atom stereocenters. The Labute approximate surface area is 147 Å². The number of ether oxygens (including phenoxy) is 1. The Morgan fingerprint density at radius 1 is 1.32 bits per heavy atom. The molecule has 4 heterocycles. The minimum Gasteiger partial charge on any atom is -0.459 e. The van der Waals surface area contributed by atoms with Gasteiger partial charge in [-0.3, -0.25) is 14.7 Å². The smallest absolute Gasteiger partial charge is 0.290 e. The first kappa shape index (κ1) is 16.3. The third-order valence-electron chi connectivity index (χ3n) is 5.15. The number of morpholine rings is 1. The van der Waals surface area contributed by atoms with E-state index in [1.165, 1.54) is 5.56 Å². The van der Waals surface area contributed by atoms with Crippen LogP contribution in [0.5, 0.6) is 0 Å². The lowest BCUT2D eigenvalue weighted by atomic mass is 9.98. The highest BCUT2D eigenvalue weighted by atomic mass is 16.5. The van der Waals surface area contributed by atoms with E-state index in [9.17, 15) is 4.79 Å². The van der Waals surface area contributed by atoms with Gasteiger partial charge in [-0.25, -0.2) is 0 Å². The molecule has 0 N–H and O–H groups in total. The van der Waals surface area contributed by atoms with E-state index in [0.717, 1.165) is 31.7 Å². The molecular formula is C19H23N3O3. The topological polar surface area (TPSA) is 58.8 Å². The molecule has 0 spiro atoms. The molecule has 2 aromatic rings. The largest absolute Gasteiger partial charge is 0.459 e. The van der Waals surface area contributed by atoms with Gasteiger partial charge in [0.25, 0.3) is 5.91 Å². The molecule has 0 aromatic carbocycles. The number of likely N-dealkylation sites (tertiary alicyclic amines) is 1. The second kappa shape index (κ2) is 6.98. The first-order valence-electron chi connectivity index (χ1n) is 8.81. The van der Waals surface area contributed by atoms with Crippen LogP contribution in [-0.4, -0.2) is 59.1 Å². The number of aryl methyl sites for hydroxylation is 1. The second-order valence-corrected chi connectivity index (χ2v) is 6.74. The molecule has 2 aliphatic heterocycles. The first-order chi connectivity index (χ1) is 12.2. The highest BCUT2D eigenvalue weighted by Gasteiger charge is 2.40. The van der Waals surface area contributed by atoms with Gasteiger partial charge in [-0.05, 0) is 37.1 Å². The third-order valence-corrected chi connectivity index (χ3v) is 5.15. The monoisotopic (exact) mass is 341 g/mol. The van der Waals surface area contributed by atoms with Crippen LogP contribution in [0.4, 0.5) is 0 Å². The molecule has 25 heavy (non-hydrogen) atoms. The predicted molar refractivity (Wildman–Crippen MR) is 92.1 cm³/mol. The zero-order chi connectivity index (χ0) is 17.2. The standard InChI is InChI=1S/C19H23N3O3/c1-14-4-2-7-20-15(14)12-21-8-6-17-16(13-21)22(9-11-25-17)19(23)18-5-3-10-24-18/h2-5,7,10,16-17H,6,8-9,11-13H2,1H3/t16-,17-/m1/s1. The van der Waals surface area contributed by atoms with Gasteiger partial charge in [0.05, 0.1) is 30.7 Å². The van der Waals surface area contributed by atoms with Gasteiger partial charge in [-0.2, -0.15) is 0 Å². The van der Waals surface area contributed by atoms with Crippen molar-refractivity contribution in [3.8, 4) is 0 Å². The summed E-state index contributed by atoms with van der Waals surface area (Å²) < 4.78 is 11.2. The summed E-state index contributed by atoms with van der Waals surface area (Å²) in [4.78, 5) is 21.6. The second-order valence-electron chi connectivity index (χ2n) is 6.74. The number of nitrogens with zero attached hydrogens (tertiary/aromatic N) is 3. The van der Waals surface area contributed by atoms with Gasteiger partial charge in [0, 0.05) is 32.4 Å². The van der Waals surface area contributed by atoms with Gasteiger partial charge in [-0.1, -0.05) is 6.07 Å². The van der Waals surface area contributed by atoms with Gasteiger partial charge in [0.2, 0.25) is 0 Å². The number of fused-ring (bicyclic) bond motifs is 1. The van der Waals surface area contributed by atoms with Crippen molar-refractivity contribution in [3.63, 3.8) is 0 Å². The highest BCUT2D eigenvalue weighted by Crippen LogP contribution is 2.26. The van der Waals surface area contributed by atoms with Crippen LogP contribution in [0.3, 0.4) is 0 Å². The van der Waals surface area contributed by atoms with Crippen molar-refractivity contribution in [1.82, 2.24) is 14.8 Å². The van der Waals surface area contributed by atoms with Crippen molar-refractivity contribution in [2.24, 2.45) is 0 Å². The molecule has 0 radical (unpaired) electrons. The van der Waals surface area contributed by atoms with Crippen molar-refractivity contribution < 1.29 is 13.9 Å². The van der Waals surface area contributed by atoms with E-state index in [0.29, 0.717) is 18.9 Å². The van der Waals surface area contributed by atoms with Gasteiger partial charge in [-0.15, -0.1) is 0 Å². The van der Waals surface area contributed by atoms with E-state index >= 15 is 0 Å². The summed E-state index contributed by atoms with van der Waals surface area (Å²) in [6.45, 7) is 5.85. The fraction of sp³-hybridized carbons (Fsp3) is 0.474. The van der Waals surface area contributed by atoms with Crippen LogP contribution in [0, 0.1) is 6.92 Å². The molecule has 2 aliphatic rings. The van der Waals surface area contributed by atoms with Crippen LogP contribution in [-0.2, 0) is 11.3 Å². The molecule has 0 aliphatic carbocycles. The van der Waals surface area contributed by atoms with E-state index in [-0.39, 0.29) is 18.1 Å². The predicted octanol–water partition coefficient (Wildman–Crippen LogP) is 2.10. The van der Waals surface area contributed by atoms with Gasteiger partial charge >= 0.3 is 0 Å². The number of pyridine rings is 1. The lowest BCUT2D eigenvalue weighted by Crippen LogP contribution is -2.61. The SMILES string of the molecule is Cc1cccnc1CN1CC[C@H]2OCCN(C(=O)c3ccco3)[C@@H]2C1. The highest BCUT2D eigenvalue weighted by molar-refractivity contribution is 5.91. The number of carbonyl (C=O) groups excluding carboxylic acids is 1. The molecule has 0 bridgehead atoms. The zero-order valence-electron chi connectivity index (χ0n) is 14.4. The molecule has 4 rings (SSSR count). The van der Waals surface area contributed by atoms with Crippen LogP contribution in [0.1, 0.15) is 28.2 Å². The number of rotatable bonds is 3. The van der Waals surface area contributed by atoms with Crippen molar-refractivity contribution >= 4 is 5.91 Å². The number of hydrogen-bond donors (Lipinski definition) is 0. The van der Waals surface area contributed by atoms with E-state index in [4.69, 9.17) is 9.15 Å². The average molecular weight is 341 g/mol. The molecule has 0 saturated carbocycles. The maximum atomic E-state index is 12.8. The number of hydrogen-bond acceptors (Lipinski definition) is 5. The fourth-order valence-electron chi connectivity index (χ4n) is 3.77. The summed E-state index contributed by atoms with van der Waals surface area (Å²) in [5.41, 5.74) is 2.30. The molecule has 2 saturated heterocycles. The maximum absolute atomic E-state index is 12.8. The Bertz CT molecular complexity index is 731. The van der Waals surface area contributed by atoms with Crippen LogP contribution in [0.15, 0.2) is 41.1 Å². The first-order valence-corrected chi connectivity index (χ1v) is 8.81. The van der Waals surface area contributed by atoms with Gasteiger partial charge in [0.15, 0.2) is 5.76 Å². The van der Waals surface area contributed by atoms with Crippen molar-refractivity contribution in [2.75, 3.05) is 26.2 Å². The third kappa shape index (κ3) is 3.32. The number of furan rings is 1. The number of piperidine rings is 1. The van der Waals surface area contributed by atoms with E-state index in [2.05, 4.69) is 22.9 Å². The number of carbonyl (C=O) groups is 1. The lowest BCUT2D eigenvalue weighted by molar-refractivity contribution is -0.0921. The van der Waals surface area contributed by atoms with E-state index in [1.807, 2.05) is 17.2 Å². The summed E-state index contributed by atoms with van der Waals surface area (Å²) in [6, 6.07) is 7.59.